The molecule has 5 nitrogen and oxygen atoms in total. The van der Waals surface area contributed by atoms with Crippen molar-refractivity contribution in [2.75, 3.05) is 6.54 Å². The molecule has 0 fully saturated rings. The Morgan fingerprint density at radius 3 is 2.17 bits per heavy atom. The first-order valence-corrected chi connectivity index (χ1v) is 5.27. The highest BCUT2D eigenvalue weighted by molar-refractivity contribution is 7.87. The van der Waals surface area contributed by atoms with Crippen LogP contribution in [0, 0.1) is 0 Å². The van der Waals surface area contributed by atoms with Crippen LogP contribution in [0.15, 0.2) is 0 Å². The summed E-state index contributed by atoms with van der Waals surface area (Å²) in [5.41, 5.74) is 0. The van der Waals surface area contributed by atoms with Gasteiger partial charge in [-0.05, 0) is 20.8 Å². The Bertz CT molecular complexity index is 211. The molecule has 0 aromatic carbocycles. The van der Waals surface area contributed by atoms with E-state index >= 15 is 0 Å². The third-order valence-electron chi connectivity index (χ3n) is 0.960. The second kappa shape index (κ2) is 4.76. The molecular formula is C6H16N2O3S. The second-order valence-electron chi connectivity index (χ2n) is 2.97. The molecule has 0 aliphatic heterocycles. The van der Waals surface area contributed by atoms with E-state index in [2.05, 4.69) is 9.44 Å². The van der Waals surface area contributed by atoms with E-state index in [1.165, 1.54) is 6.92 Å². The Hall–Kier alpha value is -0.170. The zero-order valence-electron chi connectivity index (χ0n) is 7.53. The fraction of sp³-hybridized carbons (Fsp3) is 1.00. The average molecular weight is 196 g/mol. The van der Waals surface area contributed by atoms with Crippen LogP contribution in [-0.2, 0) is 10.2 Å². The number of hydrogen-bond donors (Lipinski definition) is 3. The van der Waals surface area contributed by atoms with E-state index in [4.69, 9.17) is 5.11 Å². The van der Waals surface area contributed by atoms with Crippen LogP contribution in [0.1, 0.15) is 20.8 Å². The minimum absolute atomic E-state index is 0.0298. The van der Waals surface area contributed by atoms with Crippen molar-refractivity contribution in [3.05, 3.63) is 0 Å². The molecule has 0 radical (unpaired) electrons. The summed E-state index contributed by atoms with van der Waals surface area (Å²) in [5, 5.41) is 8.80. The van der Waals surface area contributed by atoms with E-state index in [0.717, 1.165) is 0 Å². The highest BCUT2D eigenvalue weighted by Gasteiger charge is 2.10. The minimum atomic E-state index is -3.44. The minimum Gasteiger partial charge on any atom is -0.392 e. The Labute approximate surface area is 73.4 Å². The predicted molar refractivity (Wildman–Crippen MR) is 46.9 cm³/mol. The van der Waals surface area contributed by atoms with Crippen LogP contribution in [0.3, 0.4) is 0 Å². The van der Waals surface area contributed by atoms with Gasteiger partial charge in [-0.25, -0.2) is 0 Å². The summed E-state index contributed by atoms with van der Waals surface area (Å²) < 4.78 is 26.5. The lowest BCUT2D eigenvalue weighted by molar-refractivity contribution is 0.198. The van der Waals surface area contributed by atoms with Gasteiger partial charge in [0.2, 0.25) is 0 Å². The number of nitrogens with one attached hydrogen (secondary N) is 2. The topological polar surface area (TPSA) is 78.4 Å². The molecule has 74 valence electrons. The molecule has 0 saturated carbocycles. The fourth-order valence-corrected chi connectivity index (χ4v) is 1.75. The number of aliphatic hydroxyl groups is 1. The lowest BCUT2D eigenvalue weighted by atomic mass is 10.4. The van der Waals surface area contributed by atoms with Crippen molar-refractivity contribution in [2.24, 2.45) is 0 Å². The van der Waals surface area contributed by atoms with Gasteiger partial charge in [0.05, 0.1) is 6.10 Å². The van der Waals surface area contributed by atoms with Crippen LogP contribution >= 0.6 is 0 Å². The zero-order chi connectivity index (χ0) is 9.78. The molecule has 0 bridgehead atoms. The Morgan fingerprint density at radius 1 is 1.33 bits per heavy atom. The van der Waals surface area contributed by atoms with Gasteiger partial charge < -0.3 is 5.11 Å². The zero-order valence-corrected chi connectivity index (χ0v) is 8.35. The maximum atomic E-state index is 11.0. The van der Waals surface area contributed by atoms with Gasteiger partial charge in [-0.15, -0.1) is 0 Å². The van der Waals surface area contributed by atoms with Gasteiger partial charge in [-0.3, -0.25) is 0 Å². The third-order valence-corrected chi connectivity index (χ3v) is 2.29. The normalized spacial score (nSPS) is 15.1. The molecule has 1 atom stereocenters. The highest BCUT2D eigenvalue weighted by atomic mass is 32.2. The quantitative estimate of drug-likeness (QED) is 0.538. The van der Waals surface area contributed by atoms with Crippen LogP contribution in [-0.4, -0.2) is 32.2 Å². The van der Waals surface area contributed by atoms with Gasteiger partial charge in [0.15, 0.2) is 0 Å². The summed E-state index contributed by atoms with van der Waals surface area (Å²) in [4.78, 5) is 0. The van der Waals surface area contributed by atoms with Gasteiger partial charge in [0.25, 0.3) is 10.2 Å². The smallest absolute Gasteiger partial charge is 0.277 e. The monoisotopic (exact) mass is 196 g/mol. The van der Waals surface area contributed by atoms with Gasteiger partial charge in [0, 0.05) is 12.6 Å². The van der Waals surface area contributed by atoms with Crippen molar-refractivity contribution >= 4 is 10.2 Å². The van der Waals surface area contributed by atoms with Gasteiger partial charge >= 0.3 is 0 Å². The van der Waals surface area contributed by atoms with Gasteiger partial charge in [-0.1, -0.05) is 0 Å². The first-order valence-electron chi connectivity index (χ1n) is 3.78. The molecule has 0 unspecified atom stereocenters. The second-order valence-corrected chi connectivity index (χ2v) is 4.50. The molecule has 0 aromatic heterocycles. The molecule has 6 heteroatoms. The molecule has 0 rings (SSSR count). The van der Waals surface area contributed by atoms with Crippen molar-refractivity contribution in [1.82, 2.24) is 9.44 Å². The molecule has 0 aliphatic rings. The molecule has 0 amide bonds. The maximum absolute atomic E-state index is 11.0. The summed E-state index contributed by atoms with van der Waals surface area (Å²) in [5.74, 6) is 0. The van der Waals surface area contributed by atoms with Crippen molar-refractivity contribution in [1.29, 1.82) is 0 Å². The van der Waals surface area contributed by atoms with E-state index in [0.29, 0.717) is 0 Å². The molecule has 0 heterocycles. The first-order chi connectivity index (χ1) is 5.33. The molecule has 3 N–H and O–H groups in total. The van der Waals surface area contributed by atoms with Crippen molar-refractivity contribution in [3.8, 4) is 0 Å². The summed E-state index contributed by atoms with van der Waals surface area (Å²) in [6.45, 7) is 4.99. The number of rotatable bonds is 5. The average Bonchev–Trinajstić information content (AvgIpc) is 1.81. The van der Waals surface area contributed by atoms with Crippen LogP contribution in [0.5, 0.6) is 0 Å². The summed E-state index contributed by atoms with van der Waals surface area (Å²) in [6.07, 6.45) is -0.672. The van der Waals surface area contributed by atoms with E-state index in [9.17, 15) is 8.42 Å². The molecule has 12 heavy (non-hydrogen) atoms. The Morgan fingerprint density at radius 2 is 1.83 bits per heavy atom. The molecule has 0 saturated heterocycles. The van der Waals surface area contributed by atoms with Crippen LogP contribution in [0.25, 0.3) is 0 Å². The third kappa shape index (κ3) is 6.53. The number of hydrogen-bond acceptors (Lipinski definition) is 3. The number of aliphatic hydroxyl groups excluding tert-OH is 1. The predicted octanol–water partition coefficient (Wildman–Crippen LogP) is -0.800. The first kappa shape index (κ1) is 11.8. The summed E-state index contributed by atoms with van der Waals surface area (Å²) in [6, 6.07) is -0.142. The Balaban J connectivity index is 3.89. The fourth-order valence-electron chi connectivity index (χ4n) is 0.582. The summed E-state index contributed by atoms with van der Waals surface area (Å²) in [7, 11) is -3.44. The molecule has 0 spiro atoms. The standard InChI is InChI=1S/C6H16N2O3S/c1-5(2)8-12(10,11)7-4-6(3)9/h5-9H,4H2,1-3H3/t6-/m1/s1. The summed E-state index contributed by atoms with van der Waals surface area (Å²) >= 11 is 0. The highest BCUT2D eigenvalue weighted by Crippen LogP contribution is 1.84. The lowest BCUT2D eigenvalue weighted by Gasteiger charge is -2.11. The molecular weight excluding hydrogens is 180 g/mol. The van der Waals surface area contributed by atoms with E-state index in [1.54, 1.807) is 13.8 Å². The van der Waals surface area contributed by atoms with E-state index < -0.39 is 16.3 Å². The van der Waals surface area contributed by atoms with Gasteiger partial charge in [0.1, 0.15) is 0 Å². The molecule has 0 aliphatic carbocycles. The van der Waals surface area contributed by atoms with Crippen molar-refractivity contribution in [2.45, 2.75) is 32.9 Å². The lowest BCUT2D eigenvalue weighted by Crippen LogP contribution is -2.42. The van der Waals surface area contributed by atoms with E-state index in [1.807, 2.05) is 0 Å². The maximum Gasteiger partial charge on any atom is 0.277 e. The largest absolute Gasteiger partial charge is 0.392 e. The van der Waals surface area contributed by atoms with Gasteiger partial charge in [-0.2, -0.15) is 17.9 Å². The van der Waals surface area contributed by atoms with Crippen LogP contribution < -0.4 is 9.44 Å². The molecule has 0 aromatic rings. The Kier molecular flexibility index (Phi) is 4.69. The van der Waals surface area contributed by atoms with Crippen LogP contribution in [0.4, 0.5) is 0 Å². The van der Waals surface area contributed by atoms with Crippen molar-refractivity contribution in [3.63, 3.8) is 0 Å². The van der Waals surface area contributed by atoms with E-state index in [-0.39, 0.29) is 12.6 Å². The van der Waals surface area contributed by atoms with Crippen LogP contribution in [0.2, 0.25) is 0 Å². The van der Waals surface area contributed by atoms with Crippen molar-refractivity contribution < 1.29 is 13.5 Å². The SMILES string of the molecule is CC(C)NS(=O)(=O)NC[C@@H](C)O.